The van der Waals surface area contributed by atoms with Crippen LogP contribution in [0.2, 0.25) is 0 Å². The van der Waals surface area contributed by atoms with Gasteiger partial charge in [0.25, 0.3) is 5.60 Å². The number of hydrogen-bond donors (Lipinski definition) is 0. The molecule has 0 aliphatic heterocycles. The van der Waals surface area contributed by atoms with Crippen LogP contribution in [0.25, 0.3) is 0 Å². The molecule has 0 radical (unpaired) electrons. The van der Waals surface area contributed by atoms with E-state index < -0.39 is 46.9 Å². The van der Waals surface area contributed by atoms with Crippen LogP contribution in [0.3, 0.4) is 0 Å². The molecule has 8 heteroatoms. The van der Waals surface area contributed by atoms with Crippen molar-refractivity contribution in [3.8, 4) is 5.75 Å². The molecule has 1 rings (SSSR count). The van der Waals surface area contributed by atoms with Crippen molar-refractivity contribution in [2.24, 2.45) is 0 Å². The lowest BCUT2D eigenvalue weighted by Gasteiger charge is -2.41. The highest BCUT2D eigenvalue weighted by Gasteiger charge is 2.75. The molecule has 0 saturated carbocycles. The standard InChI is InChI=1S/C20H28F6O2/c1-11(2)27-15-10-14(17(6,7)8)9-13(5)16(15)18(19(21,22)23,20(24,25)26)28-12(3)4/h9-12H,1-8H3. The summed E-state index contributed by atoms with van der Waals surface area (Å²) in [5, 5.41) is 0. The van der Waals surface area contributed by atoms with E-state index in [4.69, 9.17) is 4.74 Å². The van der Waals surface area contributed by atoms with Gasteiger partial charge in [-0.05, 0) is 57.2 Å². The van der Waals surface area contributed by atoms with Crippen LogP contribution in [-0.2, 0) is 15.8 Å². The van der Waals surface area contributed by atoms with Crippen LogP contribution in [0.1, 0.15) is 65.2 Å². The molecule has 0 aliphatic carbocycles. The van der Waals surface area contributed by atoms with Crippen LogP contribution in [0.4, 0.5) is 26.3 Å². The zero-order chi connectivity index (χ0) is 22.3. The molecule has 0 heterocycles. The average molecular weight is 414 g/mol. The molecule has 28 heavy (non-hydrogen) atoms. The highest BCUT2D eigenvalue weighted by molar-refractivity contribution is 5.50. The van der Waals surface area contributed by atoms with Crippen molar-refractivity contribution in [2.75, 3.05) is 0 Å². The average Bonchev–Trinajstić information content (AvgIpc) is 2.40. The van der Waals surface area contributed by atoms with Crippen LogP contribution in [0, 0.1) is 6.92 Å². The molecule has 0 aromatic heterocycles. The number of aryl methyl sites for hydroxylation is 1. The van der Waals surface area contributed by atoms with Gasteiger partial charge in [0, 0.05) is 5.56 Å². The van der Waals surface area contributed by atoms with Gasteiger partial charge in [-0.3, -0.25) is 0 Å². The molecule has 0 N–H and O–H groups in total. The van der Waals surface area contributed by atoms with Crippen molar-refractivity contribution in [3.63, 3.8) is 0 Å². The maximum Gasteiger partial charge on any atom is 0.431 e. The fraction of sp³-hybridized carbons (Fsp3) is 0.700. The number of benzene rings is 1. The first kappa shape index (κ1) is 24.6. The van der Waals surface area contributed by atoms with Crippen molar-refractivity contribution in [2.45, 2.75) is 91.0 Å². The van der Waals surface area contributed by atoms with Gasteiger partial charge in [0.2, 0.25) is 0 Å². The van der Waals surface area contributed by atoms with E-state index in [9.17, 15) is 26.3 Å². The van der Waals surface area contributed by atoms with Crippen molar-refractivity contribution >= 4 is 0 Å². The topological polar surface area (TPSA) is 18.5 Å². The lowest BCUT2D eigenvalue weighted by Crippen LogP contribution is -2.57. The number of ether oxygens (including phenoxy) is 2. The Morgan fingerprint density at radius 2 is 1.25 bits per heavy atom. The largest absolute Gasteiger partial charge is 0.491 e. The third-order valence-electron chi connectivity index (χ3n) is 4.09. The Balaban J connectivity index is 4.07. The molecule has 0 saturated heterocycles. The molecule has 0 bridgehead atoms. The van der Waals surface area contributed by atoms with Crippen molar-refractivity contribution in [3.05, 3.63) is 28.8 Å². The Kier molecular flexibility index (Phi) is 6.82. The summed E-state index contributed by atoms with van der Waals surface area (Å²) < 4.78 is 94.4. The first-order chi connectivity index (χ1) is 12.3. The predicted molar refractivity (Wildman–Crippen MR) is 95.7 cm³/mol. The van der Waals surface area contributed by atoms with Gasteiger partial charge in [-0.2, -0.15) is 26.3 Å². The molecular weight excluding hydrogens is 386 g/mol. The molecule has 1 aromatic rings. The molecule has 1 aromatic carbocycles. The van der Waals surface area contributed by atoms with Gasteiger partial charge in [0.05, 0.1) is 12.2 Å². The smallest absolute Gasteiger partial charge is 0.431 e. The fourth-order valence-electron chi connectivity index (χ4n) is 2.98. The lowest BCUT2D eigenvalue weighted by atomic mass is 9.81. The van der Waals surface area contributed by atoms with E-state index in [-0.39, 0.29) is 5.56 Å². The summed E-state index contributed by atoms with van der Waals surface area (Å²) in [4.78, 5) is 0. The van der Waals surface area contributed by atoms with E-state index in [0.717, 1.165) is 13.8 Å². The van der Waals surface area contributed by atoms with Gasteiger partial charge in [0.15, 0.2) is 0 Å². The van der Waals surface area contributed by atoms with E-state index in [1.165, 1.54) is 32.9 Å². The van der Waals surface area contributed by atoms with Gasteiger partial charge in [-0.15, -0.1) is 0 Å². The van der Waals surface area contributed by atoms with E-state index in [2.05, 4.69) is 4.74 Å². The van der Waals surface area contributed by atoms with E-state index >= 15 is 0 Å². The molecule has 162 valence electrons. The molecule has 0 fully saturated rings. The maximum atomic E-state index is 14.0. The van der Waals surface area contributed by atoms with Gasteiger partial charge < -0.3 is 9.47 Å². The van der Waals surface area contributed by atoms with Crippen LogP contribution >= 0.6 is 0 Å². The second kappa shape index (κ2) is 7.76. The second-order valence-electron chi connectivity index (χ2n) is 8.43. The van der Waals surface area contributed by atoms with Crippen LogP contribution < -0.4 is 4.74 Å². The zero-order valence-corrected chi connectivity index (χ0v) is 17.4. The Morgan fingerprint density at radius 3 is 1.57 bits per heavy atom. The summed E-state index contributed by atoms with van der Waals surface area (Å²) >= 11 is 0. The minimum atomic E-state index is -5.75. The molecule has 0 unspecified atom stereocenters. The SMILES string of the molecule is Cc1cc(C(C)(C)C)cc(OC(C)C)c1C(OC(C)C)(C(F)(F)F)C(F)(F)F. The summed E-state index contributed by atoms with van der Waals surface area (Å²) in [6.45, 7) is 12.0. The van der Waals surface area contributed by atoms with Crippen LogP contribution in [0.5, 0.6) is 5.75 Å². The van der Waals surface area contributed by atoms with Crippen LogP contribution in [-0.4, -0.2) is 24.6 Å². The zero-order valence-electron chi connectivity index (χ0n) is 17.4. The fourth-order valence-corrected chi connectivity index (χ4v) is 2.98. The highest BCUT2D eigenvalue weighted by Crippen LogP contribution is 2.57. The highest BCUT2D eigenvalue weighted by atomic mass is 19.4. The molecular formula is C20H28F6O2. The summed E-state index contributed by atoms with van der Waals surface area (Å²) in [6.07, 6.45) is -13.5. The Hall–Kier alpha value is -1.44. The molecule has 0 atom stereocenters. The van der Waals surface area contributed by atoms with Crippen molar-refractivity contribution in [1.82, 2.24) is 0 Å². The molecule has 0 amide bonds. The molecule has 0 spiro atoms. The third kappa shape index (κ3) is 4.75. The number of alkyl halides is 6. The minimum absolute atomic E-state index is 0.196. The van der Waals surface area contributed by atoms with Crippen molar-refractivity contribution < 1.29 is 35.8 Å². The summed E-state index contributed by atoms with van der Waals surface area (Å²) in [7, 11) is 0. The Morgan fingerprint density at radius 1 is 0.786 bits per heavy atom. The number of halogens is 6. The normalized spacial score (nSPS) is 14.1. The van der Waals surface area contributed by atoms with E-state index in [0.29, 0.717) is 5.56 Å². The minimum Gasteiger partial charge on any atom is -0.491 e. The first-order valence-corrected chi connectivity index (χ1v) is 8.98. The number of hydrogen-bond acceptors (Lipinski definition) is 2. The Labute approximate surface area is 162 Å². The molecule has 2 nitrogen and oxygen atoms in total. The van der Waals surface area contributed by atoms with Crippen LogP contribution in [0.15, 0.2) is 12.1 Å². The summed E-state index contributed by atoms with van der Waals surface area (Å²) in [6, 6.07) is 2.58. The maximum absolute atomic E-state index is 14.0. The quantitative estimate of drug-likeness (QED) is 0.492. The van der Waals surface area contributed by atoms with Crippen molar-refractivity contribution in [1.29, 1.82) is 0 Å². The van der Waals surface area contributed by atoms with E-state index in [1.807, 2.05) is 20.8 Å². The van der Waals surface area contributed by atoms with Gasteiger partial charge in [0.1, 0.15) is 5.75 Å². The number of rotatable bonds is 5. The van der Waals surface area contributed by atoms with E-state index in [1.54, 1.807) is 0 Å². The second-order valence-corrected chi connectivity index (χ2v) is 8.43. The summed E-state index contributed by atoms with van der Waals surface area (Å²) in [5.41, 5.74) is -5.69. The van der Waals surface area contributed by atoms with Gasteiger partial charge in [-0.1, -0.05) is 26.8 Å². The predicted octanol–water partition coefficient (Wildman–Crippen LogP) is 6.82. The molecule has 0 aliphatic rings. The van der Waals surface area contributed by atoms with Gasteiger partial charge >= 0.3 is 12.4 Å². The first-order valence-electron chi connectivity index (χ1n) is 8.98. The summed E-state index contributed by atoms with van der Waals surface area (Å²) in [5.74, 6) is -0.477. The monoisotopic (exact) mass is 414 g/mol. The van der Waals surface area contributed by atoms with Gasteiger partial charge in [-0.25, -0.2) is 0 Å². The lowest BCUT2D eigenvalue weighted by molar-refractivity contribution is -0.397. The Bertz CT molecular complexity index is 668. The third-order valence-corrected chi connectivity index (χ3v) is 4.09.